The molecule has 3 aromatic rings. The number of imide groups is 1. The van der Waals surface area contributed by atoms with E-state index >= 15 is 0 Å². The average molecular weight is 623 g/mol. The molecule has 3 heterocycles. The Morgan fingerprint density at radius 2 is 1.95 bits per heavy atom. The zero-order chi connectivity index (χ0) is 28.7. The Labute approximate surface area is 248 Å². The number of nitrogens with one attached hydrogen (secondary N) is 2. The predicted octanol–water partition coefficient (Wildman–Crippen LogP) is 4.67. The molecular formula is C31H36BrN5O4. The summed E-state index contributed by atoms with van der Waals surface area (Å²) in [5, 5.41) is 10.9. The number of nitrogens with zero attached hydrogens (tertiary/aromatic N) is 3. The highest BCUT2D eigenvalue weighted by Gasteiger charge is 2.46. The minimum absolute atomic E-state index is 0.0301. The molecule has 1 saturated carbocycles. The Morgan fingerprint density at radius 1 is 1.17 bits per heavy atom. The van der Waals surface area contributed by atoms with Crippen molar-refractivity contribution in [2.45, 2.75) is 51.4 Å². The fourth-order valence-electron chi connectivity index (χ4n) is 6.78. The van der Waals surface area contributed by atoms with Crippen molar-refractivity contribution in [3.8, 4) is 5.75 Å². The Balaban J connectivity index is 0.977. The molecule has 2 aromatic carbocycles. The van der Waals surface area contributed by atoms with Gasteiger partial charge in [-0.25, -0.2) is 0 Å². The number of anilines is 1. The summed E-state index contributed by atoms with van der Waals surface area (Å²) in [5.41, 5.74) is 3.79. The van der Waals surface area contributed by atoms with Crippen LogP contribution in [-0.2, 0) is 21.4 Å². The number of hydrogen-bond acceptors (Lipinski definition) is 6. The lowest BCUT2D eigenvalue weighted by Crippen LogP contribution is -2.49. The standard InChI is InChI=1S/C31H36BrN5O4/c1-19-13-22(4-7-25(19)32)41-18-20-15-31(16-20)9-11-37(12-10-31)17-28(39)33-21-3-5-23-26(14-21)36(2)35-29(23)24-6-8-27(38)34-30(24)40/h3-5,7,13-14,20,24H,6,8-12,15-18H2,1-2H3,(H,33,39)(H,34,38,40). The van der Waals surface area contributed by atoms with Gasteiger partial charge < -0.3 is 10.1 Å². The normalized spacial score (nSPS) is 21.1. The third-order valence-electron chi connectivity index (χ3n) is 9.08. The number of piperidine rings is 2. The quantitative estimate of drug-likeness (QED) is 0.371. The van der Waals surface area contributed by atoms with Crippen molar-refractivity contribution in [1.82, 2.24) is 20.0 Å². The second-order valence-electron chi connectivity index (χ2n) is 12.1. The van der Waals surface area contributed by atoms with E-state index in [1.807, 2.05) is 37.4 Å². The third kappa shape index (κ3) is 5.90. The Hall–Kier alpha value is -3.24. The molecule has 41 heavy (non-hydrogen) atoms. The first-order valence-corrected chi connectivity index (χ1v) is 15.2. The number of carbonyl (C=O) groups is 3. The van der Waals surface area contributed by atoms with Gasteiger partial charge in [-0.2, -0.15) is 5.10 Å². The largest absolute Gasteiger partial charge is 0.493 e. The second kappa shape index (κ2) is 11.2. The van der Waals surface area contributed by atoms with Crippen LogP contribution in [0.1, 0.15) is 55.7 Å². The first-order valence-electron chi connectivity index (χ1n) is 14.4. The first kappa shape index (κ1) is 27.9. The topological polar surface area (TPSA) is 106 Å². The molecule has 9 nitrogen and oxygen atoms in total. The van der Waals surface area contributed by atoms with E-state index in [9.17, 15) is 14.4 Å². The number of carbonyl (C=O) groups excluding carboxylic acids is 3. The minimum Gasteiger partial charge on any atom is -0.493 e. The van der Waals surface area contributed by atoms with Gasteiger partial charge in [0.15, 0.2) is 0 Å². The highest BCUT2D eigenvalue weighted by molar-refractivity contribution is 9.10. The predicted molar refractivity (Wildman–Crippen MR) is 160 cm³/mol. The lowest BCUT2D eigenvalue weighted by molar-refractivity contribution is -0.134. The number of fused-ring (bicyclic) bond motifs is 1. The molecule has 1 aromatic heterocycles. The molecular weight excluding hydrogens is 586 g/mol. The van der Waals surface area contributed by atoms with Gasteiger partial charge in [-0.15, -0.1) is 0 Å². The molecule has 1 unspecified atom stereocenters. The lowest BCUT2D eigenvalue weighted by atomic mass is 9.58. The molecule has 1 atom stereocenters. The maximum atomic E-state index is 12.9. The number of benzene rings is 2. The van der Waals surface area contributed by atoms with Crippen LogP contribution < -0.4 is 15.4 Å². The molecule has 1 spiro atoms. The molecule has 3 aliphatic rings. The van der Waals surface area contributed by atoms with Gasteiger partial charge in [0.05, 0.1) is 30.3 Å². The highest BCUT2D eigenvalue weighted by Crippen LogP contribution is 2.52. The summed E-state index contributed by atoms with van der Waals surface area (Å²) in [4.78, 5) is 39.1. The van der Waals surface area contributed by atoms with E-state index in [2.05, 4.69) is 49.6 Å². The van der Waals surface area contributed by atoms with Crippen LogP contribution in [0.2, 0.25) is 0 Å². The van der Waals surface area contributed by atoms with E-state index in [-0.39, 0.29) is 17.7 Å². The van der Waals surface area contributed by atoms with Gasteiger partial charge in [0, 0.05) is 29.0 Å². The zero-order valence-electron chi connectivity index (χ0n) is 23.5. The molecule has 2 saturated heterocycles. The lowest BCUT2D eigenvalue weighted by Gasteiger charge is -2.52. The number of likely N-dealkylation sites (tertiary alicyclic amines) is 1. The van der Waals surface area contributed by atoms with Crippen molar-refractivity contribution in [3.05, 3.63) is 52.1 Å². The summed E-state index contributed by atoms with van der Waals surface area (Å²) in [6.07, 6.45) is 5.41. The summed E-state index contributed by atoms with van der Waals surface area (Å²) in [7, 11) is 1.83. The number of aromatic nitrogens is 2. The second-order valence-corrected chi connectivity index (χ2v) is 12.9. The fourth-order valence-corrected chi connectivity index (χ4v) is 7.02. The molecule has 10 heteroatoms. The molecule has 3 fully saturated rings. The van der Waals surface area contributed by atoms with E-state index in [4.69, 9.17) is 4.74 Å². The van der Waals surface area contributed by atoms with Crippen LogP contribution in [0.15, 0.2) is 40.9 Å². The van der Waals surface area contributed by atoms with E-state index in [1.165, 1.54) is 18.4 Å². The van der Waals surface area contributed by atoms with Gasteiger partial charge in [-0.1, -0.05) is 15.9 Å². The van der Waals surface area contributed by atoms with Crippen molar-refractivity contribution in [2.75, 3.05) is 31.6 Å². The summed E-state index contributed by atoms with van der Waals surface area (Å²) < 4.78 is 8.89. The van der Waals surface area contributed by atoms with Crippen molar-refractivity contribution in [3.63, 3.8) is 0 Å². The van der Waals surface area contributed by atoms with Crippen LogP contribution in [-0.4, -0.2) is 58.6 Å². The van der Waals surface area contributed by atoms with Gasteiger partial charge >= 0.3 is 0 Å². The number of ether oxygens (including phenoxy) is 1. The van der Waals surface area contributed by atoms with E-state index < -0.39 is 5.92 Å². The van der Waals surface area contributed by atoms with Gasteiger partial charge in [-0.3, -0.25) is 29.3 Å². The Kier molecular flexibility index (Phi) is 7.63. The maximum absolute atomic E-state index is 12.9. The number of hydrogen-bond donors (Lipinski definition) is 2. The monoisotopic (exact) mass is 621 g/mol. The van der Waals surface area contributed by atoms with Crippen LogP contribution in [0.3, 0.4) is 0 Å². The molecule has 2 N–H and O–H groups in total. The smallest absolute Gasteiger partial charge is 0.238 e. The van der Waals surface area contributed by atoms with Crippen LogP contribution in [0.5, 0.6) is 5.75 Å². The molecule has 0 bridgehead atoms. The molecule has 216 valence electrons. The molecule has 6 rings (SSSR count). The fraction of sp³-hybridized carbons (Fsp3) is 0.484. The van der Waals surface area contributed by atoms with Gasteiger partial charge in [0.2, 0.25) is 17.7 Å². The number of halogens is 1. The van der Waals surface area contributed by atoms with Crippen LogP contribution in [0.25, 0.3) is 10.9 Å². The maximum Gasteiger partial charge on any atom is 0.238 e. The Bertz CT molecular complexity index is 1500. The number of amides is 3. The van der Waals surface area contributed by atoms with Gasteiger partial charge in [0.1, 0.15) is 5.75 Å². The van der Waals surface area contributed by atoms with E-state index in [0.717, 1.165) is 53.7 Å². The first-order chi connectivity index (χ1) is 19.7. The average Bonchev–Trinajstić information content (AvgIpc) is 3.24. The molecule has 0 radical (unpaired) electrons. The van der Waals surface area contributed by atoms with Crippen molar-refractivity contribution in [2.24, 2.45) is 18.4 Å². The summed E-state index contributed by atoms with van der Waals surface area (Å²) in [6.45, 7) is 5.08. The number of aryl methyl sites for hydroxylation is 2. The molecule has 3 amide bonds. The minimum atomic E-state index is -0.450. The van der Waals surface area contributed by atoms with Crippen molar-refractivity contribution >= 4 is 50.2 Å². The molecule has 1 aliphatic carbocycles. The van der Waals surface area contributed by atoms with Gasteiger partial charge in [0.25, 0.3) is 0 Å². The van der Waals surface area contributed by atoms with Crippen molar-refractivity contribution < 1.29 is 19.1 Å². The highest BCUT2D eigenvalue weighted by atomic mass is 79.9. The Morgan fingerprint density at radius 3 is 2.68 bits per heavy atom. The molecule has 2 aliphatic heterocycles. The number of rotatable bonds is 7. The van der Waals surface area contributed by atoms with Gasteiger partial charge in [-0.05, 0) is 105 Å². The summed E-state index contributed by atoms with van der Waals surface area (Å²) >= 11 is 3.54. The van der Waals surface area contributed by atoms with Crippen molar-refractivity contribution in [1.29, 1.82) is 0 Å². The van der Waals surface area contributed by atoms with E-state index in [1.54, 1.807) is 4.68 Å². The summed E-state index contributed by atoms with van der Waals surface area (Å²) in [5.74, 6) is 0.514. The van der Waals surface area contributed by atoms with E-state index in [0.29, 0.717) is 42.1 Å². The summed E-state index contributed by atoms with van der Waals surface area (Å²) in [6, 6.07) is 11.8. The third-order valence-corrected chi connectivity index (χ3v) is 9.97. The zero-order valence-corrected chi connectivity index (χ0v) is 25.1. The van der Waals surface area contributed by atoms with Crippen LogP contribution in [0.4, 0.5) is 5.69 Å². The van der Waals surface area contributed by atoms with Crippen LogP contribution >= 0.6 is 15.9 Å². The SMILES string of the molecule is Cc1cc(OCC2CC3(CCN(CC(=O)Nc4ccc5c(C6CCC(=O)NC6=O)nn(C)c5c4)CC3)C2)ccc1Br. The van der Waals surface area contributed by atoms with Crippen LogP contribution in [0, 0.1) is 18.3 Å².